The summed E-state index contributed by atoms with van der Waals surface area (Å²) in [5, 5.41) is 7.84. The lowest BCUT2D eigenvalue weighted by atomic mass is 10.2. The minimum Gasteiger partial charge on any atom is -0.352 e. The molecule has 1 aromatic heterocycles. The SMILES string of the molecule is Cc1nn(-c2ccccc2)c(C)c1CNC(=O)CCNS(=O)(=O)c1ccc(Cl)cc1. The molecular weight excluding hydrogens is 424 g/mol. The Hall–Kier alpha value is -2.68. The Labute approximate surface area is 181 Å². The van der Waals surface area contributed by atoms with E-state index in [0.29, 0.717) is 11.6 Å². The third-order valence-electron chi connectivity index (χ3n) is 4.67. The highest BCUT2D eigenvalue weighted by atomic mass is 35.5. The van der Waals surface area contributed by atoms with Crippen molar-refractivity contribution in [3.8, 4) is 5.69 Å². The van der Waals surface area contributed by atoms with Gasteiger partial charge in [-0.2, -0.15) is 5.10 Å². The second kappa shape index (κ2) is 9.42. The standard InChI is InChI=1S/C21H23ClN4O3S/c1-15-20(16(2)26(25-15)18-6-4-3-5-7-18)14-23-21(27)12-13-24-30(28,29)19-10-8-17(22)9-11-19/h3-11,24H,12-14H2,1-2H3,(H,23,27). The van der Waals surface area contributed by atoms with Crippen LogP contribution < -0.4 is 10.0 Å². The average Bonchev–Trinajstić information content (AvgIpc) is 3.01. The zero-order chi connectivity index (χ0) is 21.7. The van der Waals surface area contributed by atoms with Crippen molar-refractivity contribution in [2.75, 3.05) is 6.54 Å². The van der Waals surface area contributed by atoms with Crippen LogP contribution >= 0.6 is 11.6 Å². The number of hydrogen-bond donors (Lipinski definition) is 2. The van der Waals surface area contributed by atoms with Crippen LogP contribution in [0.1, 0.15) is 23.4 Å². The molecule has 2 aromatic carbocycles. The molecular formula is C21H23ClN4O3S. The quantitative estimate of drug-likeness (QED) is 0.556. The molecule has 0 atom stereocenters. The Morgan fingerprint density at radius 3 is 2.40 bits per heavy atom. The number of sulfonamides is 1. The first-order valence-corrected chi connectivity index (χ1v) is 11.3. The fraction of sp³-hybridized carbons (Fsp3) is 0.238. The van der Waals surface area contributed by atoms with Crippen molar-refractivity contribution in [1.82, 2.24) is 19.8 Å². The Morgan fingerprint density at radius 1 is 1.07 bits per heavy atom. The smallest absolute Gasteiger partial charge is 0.240 e. The fourth-order valence-corrected chi connectivity index (χ4v) is 4.18. The van der Waals surface area contributed by atoms with Crippen molar-refractivity contribution < 1.29 is 13.2 Å². The molecule has 1 amide bonds. The van der Waals surface area contributed by atoms with E-state index >= 15 is 0 Å². The highest BCUT2D eigenvalue weighted by molar-refractivity contribution is 7.89. The molecule has 7 nitrogen and oxygen atoms in total. The topological polar surface area (TPSA) is 93.1 Å². The van der Waals surface area contributed by atoms with Gasteiger partial charge in [-0.05, 0) is 50.2 Å². The summed E-state index contributed by atoms with van der Waals surface area (Å²) in [5.74, 6) is -0.250. The van der Waals surface area contributed by atoms with E-state index in [2.05, 4.69) is 15.1 Å². The third-order valence-corrected chi connectivity index (χ3v) is 6.40. The molecule has 0 saturated carbocycles. The van der Waals surface area contributed by atoms with Gasteiger partial charge >= 0.3 is 0 Å². The molecule has 0 aliphatic heterocycles. The summed E-state index contributed by atoms with van der Waals surface area (Å²) >= 11 is 5.78. The first-order chi connectivity index (χ1) is 14.3. The van der Waals surface area contributed by atoms with Gasteiger partial charge in [0.05, 0.1) is 16.3 Å². The van der Waals surface area contributed by atoms with Crippen molar-refractivity contribution in [2.24, 2.45) is 0 Å². The lowest BCUT2D eigenvalue weighted by molar-refractivity contribution is -0.121. The van der Waals surface area contributed by atoms with E-state index in [9.17, 15) is 13.2 Å². The molecule has 3 aromatic rings. The zero-order valence-electron chi connectivity index (χ0n) is 16.7. The lowest BCUT2D eigenvalue weighted by Crippen LogP contribution is -2.30. The van der Waals surface area contributed by atoms with Crippen LogP contribution in [-0.4, -0.2) is 30.7 Å². The van der Waals surface area contributed by atoms with Gasteiger partial charge in [0.1, 0.15) is 0 Å². The van der Waals surface area contributed by atoms with Crippen molar-refractivity contribution in [3.05, 3.63) is 76.6 Å². The number of rotatable bonds is 8. The van der Waals surface area contributed by atoms with Crippen LogP contribution in [0.25, 0.3) is 5.69 Å². The van der Waals surface area contributed by atoms with Crippen LogP contribution in [0.5, 0.6) is 0 Å². The van der Waals surface area contributed by atoms with E-state index in [1.54, 1.807) is 0 Å². The summed E-state index contributed by atoms with van der Waals surface area (Å²) < 4.78 is 28.7. The molecule has 30 heavy (non-hydrogen) atoms. The number of benzene rings is 2. The van der Waals surface area contributed by atoms with Gasteiger partial charge in [0.25, 0.3) is 0 Å². The minimum atomic E-state index is -3.68. The second-order valence-corrected chi connectivity index (χ2v) is 8.98. The molecule has 0 bridgehead atoms. The number of aromatic nitrogens is 2. The number of para-hydroxylation sites is 1. The normalized spacial score (nSPS) is 11.4. The van der Waals surface area contributed by atoms with Gasteiger partial charge < -0.3 is 5.32 Å². The minimum absolute atomic E-state index is 0.00195. The number of nitrogens with zero attached hydrogens (tertiary/aromatic N) is 2. The Bertz CT molecular complexity index is 1130. The summed E-state index contributed by atoms with van der Waals surface area (Å²) in [7, 11) is -3.68. The molecule has 0 spiro atoms. The maximum Gasteiger partial charge on any atom is 0.240 e. The van der Waals surface area contributed by atoms with Gasteiger partial charge in [-0.15, -0.1) is 0 Å². The highest BCUT2D eigenvalue weighted by Gasteiger charge is 2.16. The average molecular weight is 447 g/mol. The number of carbonyl (C=O) groups is 1. The summed E-state index contributed by atoms with van der Waals surface area (Å²) in [6, 6.07) is 15.6. The number of halogens is 1. The number of amides is 1. The van der Waals surface area contributed by atoms with Crippen molar-refractivity contribution >= 4 is 27.5 Å². The monoisotopic (exact) mass is 446 g/mol. The number of carbonyl (C=O) groups excluding carboxylic acids is 1. The predicted octanol–water partition coefficient (Wildman–Crippen LogP) is 3.13. The third kappa shape index (κ3) is 5.27. The van der Waals surface area contributed by atoms with Crippen LogP contribution in [0.4, 0.5) is 0 Å². The maximum atomic E-state index is 12.2. The first-order valence-electron chi connectivity index (χ1n) is 9.40. The van der Waals surface area contributed by atoms with Crippen LogP contribution in [0.2, 0.25) is 5.02 Å². The Balaban J connectivity index is 1.54. The maximum absolute atomic E-state index is 12.2. The van der Waals surface area contributed by atoms with Gasteiger partial charge in [0.2, 0.25) is 15.9 Å². The van der Waals surface area contributed by atoms with Crippen LogP contribution in [0.3, 0.4) is 0 Å². The van der Waals surface area contributed by atoms with Gasteiger partial charge in [-0.3, -0.25) is 4.79 Å². The zero-order valence-corrected chi connectivity index (χ0v) is 18.3. The Kier molecular flexibility index (Phi) is 6.91. The van der Waals surface area contributed by atoms with E-state index in [1.807, 2.05) is 48.9 Å². The summed E-state index contributed by atoms with van der Waals surface area (Å²) in [6.45, 7) is 4.17. The van der Waals surface area contributed by atoms with E-state index in [0.717, 1.165) is 22.6 Å². The molecule has 0 radical (unpaired) electrons. The molecule has 3 rings (SSSR count). The van der Waals surface area contributed by atoms with Gasteiger partial charge in [0, 0.05) is 35.8 Å². The summed E-state index contributed by atoms with van der Waals surface area (Å²) in [6.07, 6.45) is 0.0255. The van der Waals surface area contributed by atoms with Crippen LogP contribution in [-0.2, 0) is 21.4 Å². The van der Waals surface area contributed by atoms with Gasteiger partial charge in [-0.1, -0.05) is 29.8 Å². The number of aryl methyl sites for hydroxylation is 1. The first kappa shape index (κ1) is 22.0. The summed E-state index contributed by atoms with van der Waals surface area (Å²) in [4.78, 5) is 12.3. The molecule has 1 heterocycles. The van der Waals surface area contributed by atoms with Crippen LogP contribution in [0, 0.1) is 13.8 Å². The van der Waals surface area contributed by atoms with Gasteiger partial charge in [-0.25, -0.2) is 17.8 Å². The largest absolute Gasteiger partial charge is 0.352 e. The lowest BCUT2D eigenvalue weighted by Gasteiger charge is -2.09. The molecule has 0 fully saturated rings. The predicted molar refractivity (Wildman–Crippen MR) is 116 cm³/mol. The molecule has 0 saturated heterocycles. The number of hydrogen-bond acceptors (Lipinski definition) is 4. The molecule has 9 heteroatoms. The van der Waals surface area contributed by atoms with Gasteiger partial charge in [0.15, 0.2) is 0 Å². The van der Waals surface area contributed by atoms with Crippen molar-refractivity contribution in [1.29, 1.82) is 0 Å². The fourth-order valence-electron chi connectivity index (χ4n) is 3.02. The molecule has 2 N–H and O–H groups in total. The number of nitrogens with one attached hydrogen (secondary N) is 2. The summed E-state index contributed by atoms with van der Waals surface area (Å²) in [5.41, 5.74) is 3.67. The van der Waals surface area contributed by atoms with Crippen molar-refractivity contribution in [2.45, 2.75) is 31.7 Å². The molecule has 0 aliphatic rings. The Morgan fingerprint density at radius 2 is 1.73 bits per heavy atom. The van der Waals surface area contributed by atoms with E-state index in [4.69, 9.17) is 11.6 Å². The molecule has 0 aliphatic carbocycles. The molecule has 0 unspecified atom stereocenters. The van der Waals surface area contributed by atoms with E-state index in [-0.39, 0.29) is 23.8 Å². The van der Waals surface area contributed by atoms with E-state index in [1.165, 1.54) is 24.3 Å². The van der Waals surface area contributed by atoms with E-state index < -0.39 is 10.0 Å². The molecule has 158 valence electrons. The highest BCUT2D eigenvalue weighted by Crippen LogP contribution is 2.18. The van der Waals surface area contributed by atoms with Crippen LogP contribution in [0.15, 0.2) is 59.5 Å². The van der Waals surface area contributed by atoms with Crippen molar-refractivity contribution in [3.63, 3.8) is 0 Å². The second-order valence-electron chi connectivity index (χ2n) is 6.78.